The van der Waals surface area contributed by atoms with Gasteiger partial charge in [-0.25, -0.2) is 0 Å². The van der Waals surface area contributed by atoms with Gasteiger partial charge in [0.05, 0.1) is 12.7 Å². The van der Waals surface area contributed by atoms with Crippen molar-refractivity contribution in [2.45, 2.75) is 18.9 Å². The molecule has 0 aromatic heterocycles. The number of nitriles is 1. The molecule has 0 saturated carbocycles. The van der Waals surface area contributed by atoms with Gasteiger partial charge in [0.25, 0.3) is 0 Å². The van der Waals surface area contributed by atoms with Crippen LogP contribution in [-0.2, 0) is 0 Å². The second kappa shape index (κ2) is 3.18. The van der Waals surface area contributed by atoms with Gasteiger partial charge in [0.15, 0.2) is 0 Å². The average Bonchev–Trinajstić information content (AvgIpc) is 1.89. The van der Waals surface area contributed by atoms with E-state index in [2.05, 4.69) is 11.7 Å². The van der Waals surface area contributed by atoms with Crippen LogP contribution in [0.15, 0.2) is 4.99 Å². The van der Waals surface area contributed by atoms with E-state index in [-0.39, 0.29) is 6.42 Å². The SMILES string of the molecule is C=NC(C)(C#N)CCF. The van der Waals surface area contributed by atoms with Gasteiger partial charge in [-0.15, -0.1) is 0 Å². The van der Waals surface area contributed by atoms with Crippen LogP contribution in [0.5, 0.6) is 0 Å². The molecule has 0 saturated heterocycles. The Kier molecular flexibility index (Phi) is 2.86. The van der Waals surface area contributed by atoms with Crippen molar-refractivity contribution in [3.63, 3.8) is 0 Å². The lowest BCUT2D eigenvalue weighted by Crippen LogP contribution is -2.18. The summed E-state index contributed by atoms with van der Waals surface area (Å²) >= 11 is 0. The molecule has 50 valence electrons. The molecule has 0 N–H and O–H groups in total. The molecule has 0 aliphatic rings. The predicted molar refractivity (Wildman–Crippen MR) is 34.2 cm³/mol. The number of hydrogen-bond donors (Lipinski definition) is 0. The largest absolute Gasteiger partial charge is 0.279 e. The summed E-state index contributed by atoms with van der Waals surface area (Å²) in [4.78, 5) is 3.48. The quantitative estimate of drug-likeness (QED) is 0.528. The van der Waals surface area contributed by atoms with Crippen LogP contribution in [0.2, 0.25) is 0 Å². The highest BCUT2D eigenvalue weighted by atomic mass is 19.1. The molecule has 0 aliphatic carbocycles. The van der Waals surface area contributed by atoms with E-state index < -0.39 is 12.2 Å². The van der Waals surface area contributed by atoms with Gasteiger partial charge in [0.2, 0.25) is 0 Å². The fraction of sp³-hybridized carbons (Fsp3) is 0.667. The summed E-state index contributed by atoms with van der Waals surface area (Å²) in [5.74, 6) is 0. The smallest absolute Gasteiger partial charge is 0.145 e. The first-order chi connectivity index (χ1) is 4.18. The number of hydrogen-bond acceptors (Lipinski definition) is 2. The monoisotopic (exact) mass is 128 g/mol. The second-order valence-corrected chi connectivity index (χ2v) is 1.98. The summed E-state index contributed by atoms with van der Waals surface area (Å²) < 4.78 is 11.6. The molecular formula is C6H9FN2. The lowest BCUT2D eigenvalue weighted by molar-refractivity contribution is 0.412. The van der Waals surface area contributed by atoms with Crippen LogP contribution < -0.4 is 0 Å². The minimum absolute atomic E-state index is 0.132. The van der Waals surface area contributed by atoms with Crippen molar-refractivity contribution in [2.75, 3.05) is 6.67 Å². The molecule has 0 bridgehead atoms. The standard InChI is InChI=1S/C6H9FN2/c1-6(5-8,9-2)3-4-7/h2-4H2,1H3. The summed E-state index contributed by atoms with van der Waals surface area (Å²) in [5, 5.41) is 8.37. The van der Waals surface area contributed by atoms with E-state index in [1.54, 1.807) is 6.92 Å². The van der Waals surface area contributed by atoms with Crippen molar-refractivity contribution in [3.8, 4) is 6.07 Å². The normalized spacial score (nSPS) is 15.7. The molecule has 0 spiro atoms. The van der Waals surface area contributed by atoms with Crippen LogP contribution in [0.4, 0.5) is 4.39 Å². The Balaban J connectivity index is 3.96. The van der Waals surface area contributed by atoms with Crippen molar-refractivity contribution in [2.24, 2.45) is 4.99 Å². The Labute approximate surface area is 54.0 Å². The lowest BCUT2D eigenvalue weighted by Gasteiger charge is -2.11. The molecule has 1 atom stereocenters. The number of halogens is 1. The topological polar surface area (TPSA) is 36.1 Å². The number of alkyl halides is 1. The molecule has 0 aromatic carbocycles. The van der Waals surface area contributed by atoms with Crippen molar-refractivity contribution in [1.29, 1.82) is 5.26 Å². The van der Waals surface area contributed by atoms with Crippen molar-refractivity contribution in [3.05, 3.63) is 0 Å². The zero-order chi connectivity index (χ0) is 7.33. The Morgan fingerprint density at radius 3 is 2.56 bits per heavy atom. The Morgan fingerprint density at radius 1 is 1.89 bits per heavy atom. The van der Waals surface area contributed by atoms with Crippen LogP contribution in [-0.4, -0.2) is 18.9 Å². The first-order valence-corrected chi connectivity index (χ1v) is 2.63. The molecule has 2 nitrogen and oxygen atoms in total. The zero-order valence-corrected chi connectivity index (χ0v) is 5.39. The Bertz CT molecular complexity index is 138. The van der Waals surface area contributed by atoms with E-state index in [1.165, 1.54) is 0 Å². The predicted octanol–water partition coefficient (Wildman–Crippen LogP) is 1.33. The summed E-state index contributed by atoms with van der Waals surface area (Å²) in [6.07, 6.45) is 0.132. The van der Waals surface area contributed by atoms with Crippen molar-refractivity contribution in [1.82, 2.24) is 0 Å². The van der Waals surface area contributed by atoms with Crippen LogP contribution >= 0.6 is 0 Å². The minimum Gasteiger partial charge on any atom is -0.279 e. The lowest BCUT2D eigenvalue weighted by atomic mass is 10.0. The third-order valence-corrected chi connectivity index (χ3v) is 1.17. The summed E-state index contributed by atoms with van der Waals surface area (Å²) in [6, 6.07) is 1.86. The number of aliphatic imine (C=N–C) groups is 1. The number of nitrogens with zero attached hydrogens (tertiary/aromatic N) is 2. The summed E-state index contributed by atoms with van der Waals surface area (Å²) in [6.45, 7) is 4.21. The molecule has 0 amide bonds. The minimum atomic E-state index is -0.922. The molecule has 0 heterocycles. The first kappa shape index (κ1) is 8.09. The van der Waals surface area contributed by atoms with Crippen LogP contribution in [0.3, 0.4) is 0 Å². The van der Waals surface area contributed by atoms with Gasteiger partial charge in [-0.1, -0.05) is 0 Å². The second-order valence-electron chi connectivity index (χ2n) is 1.98. The van der Waals surface area contributed by atoms with Gasteiger partial charge in [-0.05, 0) is 13.6 Å². The Morgan fingerprint density at radius 2 is 2.44 bits per heavy atom. The fourth-order valence-electron chi connectivity index (χ4n) is 0.354. The average molecular weight is 128 g/mol. The van der Waals surface area contributed by atoms with Gasteiger partial charge in [0.1, 0.15) is 5.54 Å². The van der Waals surface area contributed by atoms with E-state index in [0.29, 0.717) is 0 Å². The molecule has 0 radical (unpaired) electrons. The van der Waals surface area contributed by atoms with E-state index >= 15 is 0 Å². The summed E-state index contributed by atoms with van der Waals surface area (Å²) in [5.41, 5.74) is -0.922. The van der Waals surface area contributed by atoms with E-state index in [0.717, 1.165) is 0 Å². The first-order valence-electron chi connectivity index (χ1n) is 2.63. The van der Waals surface area contributed by atoms with Gasteiger partial charge in [-0.2, -0.15) is 5.26 Å². The van der Waals surface area contributed by atoms with Crippen molar-refractivity contribution < 1.29 is 4.39 Å². The highest BCUT2D eigenvalue weighted by molar-refractivity contribution is 5.28. The fourth-order valence-corrected chi connectivity index (χ4v) is 0.354. The highest BCUT2D eigenvalue weighted by Gasteiger charge is 2.19. The van der Waals surface area contributed by atoms with E-state index in [1.807, 2.05) is 6.07 Å². The molecule has 0 aliphatic heterocycles. The van der Waals surface area contributed by atoms with Crippen LogP contribution in [0.1, 0.15) is 13.3 Å². The molecule has 3 heteroatoms. The molecule has 1 unspecified atom stereocenters. The number of rotatable bonds is 3. The van der Waals surface area contributed by atoms with Gasteiger partial charge >= 0.3 is 0 Å². The van der Waals surface area contributed by atoms with E-state index in [4.69, 9.17) is 5.26 Å². The molecule has 0 rings (SSSR count). The van der Waals surface area contributed by atoms with Crippen LogP contribution in [0, 0.1) is 11.3 Å². The summed E-state index contributed by atoms with van der Waals surface area (Å²) in [7, 11) is 0. The Hall–Kier alpha value is -0.910. The molecule has 0 fully saturated rings. The van der Waals surface area contributed by atoms with Crippen molar-refractivity contribution >= 4 is 6.72 Å². The third-order valence-electron chi connectivity index (χ3n) is 1.17. The highest BCUT2D eigenvalue weighted by Crippen LogP contribution is 2.12. The molecule has 0 aromatic rings. The maximum atomic E-state index is 11.6. The maximum absolute atomic E-state index is 11.6. The van der Waals surface area contributed by atoms with Gasteiger partial charge in [0, 0.05) is 6.42 Å². The van der Waals surface area contributed by atoms with E-state index in [9.17, 15) is 4.39 Å². The maximum Gasteiger partial charge on any atom is 0.145 e. The molecular weight excluding hydrogens is 119 g/mol. The molecule has 9 heavy (non-hydrogen) atoms. The third kappa shape index (κ3) is 2.22. The van der Waals surface area contributed by atoms with Gasteiger partial charge in [-0.3, -0.25) is 9.38 Å². The zero-order valence-electron chi connectivity index (χ0n) is 5.39. The van der Waals surface area contributed by atoms with Gasteiger partial charge < -0.3 is 0 Å². The van der Waals surface area contributed by atoms with Crippen LogP contribution in [0.25, 0.3) is 0 Å².